The maximum Gasteiger partial charge on any atom is 0.416 e. The molecule has 0 bridgehead atoms. The number of halogens is 4. The number of methoxy groups -OCH3 is 1. The van der Waals surface area contributed by atoms with Crippen LogP contribution in [0.15, 0.2) is 34.1 Å². The predicted octanol–water partition coefficient (Wildman–Crippen LogP) is 3.73. The molecule has 3 rings (SSSR count). The molecule has 0 spiro atoms. The number of pyridine rings is 1. The lowest BCUT2D eigenvalue weighted by molar-refractivity contribution is -0.144. The summed E-state index contributed by atoms with van der Waals surface area (Å²) in [4.78, 5) is 24.3. The smallest absolute Gasteiger partial charge is 0.416 e. The first-order valence-corrected chi connectivity index (χ1v) is 8.94. The Kier molecular flexibility index (Phi) is 5.07. The van der Waals surface area contributed by atoms with Crippen LogP contribution in [0, 0.1) is 12.7 Å². The molecule has 4 nitrogen and oxygen atoms in total. The minimum absolute atomic E-state index is 0.224. The van der Waals surface area contributed by atoms with Crippen LogP contribution in [0.1, 0.15) is 28.3 Å². The molecule has 1 unspecified atom stereocenters. The van der Waals surface area contributed by atoms with Crippen molar-refractivity contribution < 1.29 is 27.1 Å². The molecular weight excluding hydrogens is 386 g/mol. The zero-order chi connectivity index (χ0) is 19.9. The number of carbonyl (C=O) groups excluding carboxylic acids is 1. The van der Waals surface area contributed by atoms with Crippen molar-refractivity contribution in [2.45, 2.75) is 30.6 Å². The number of carbonyl (C=O) groups is 1. The van der Waals surface area contributed by atoms with Crippen molar-refractivity contribution in [3.63, 3.8) is 0 Å². The summed E-state index contributed by atoms with van der Waals surface area (Å²) in [7, 11) is 1.19. The first kappa shape index (κ1) is 19.5. The molecule has 0 aliphatic carbocycles. The molecule has 0 N–H and O–H groups in total. The molecule has 1 atom stereocenters. The predicted molar refractivity (Wildman–Crippen MR) is 91.4 cm³/mol. The van der Waals surface area contributed by atoms with Crippen molar-refractivity contribution in [1.82, 2.24) is 4.57 Å². The Labute approximate surface area is 156 Å². The van der Waals surface area contributed by atoms with Crippen LogP contribution in [0.25, 0.3) is 0 Å². The van der Waals surface area contributed by atoms with Gasteiger partial charge in [-0.05, 0) is 30.2 Å². The Balaban J connectivity index is 2.16. The number of hydrogen-bond acceptors (Lipinski definition) is 4. The van der Waals surface area contributed by atoms with Crippen LogP contribution in [0.2, 0.25) is 0 Å². The molecule has 27 heavy (non-hydrogen) atoms. The fourth-order valence-electron chi connectivity index (χ4n) is 3.15. The number of aryl methyl sites for hydroxylation is 1. The molecule has 2 aromatic rings. The molecule has 1 aromatic carbocycles. The van der Waals surface area contributed by atoms with Gasteiger partial charge in [0.15, 0.2) is 0 Å². The van der Waals surface area contributed by atoms with Crippen LogP contribution >= 0.6 is 11.8 Å². The average molecular weight is 401 g/mol. The highest BCUT2D eigenvalue weighted by molar-refractivity contribution is 7.99. The van der Waals surface area contributed by atoms with Gasteiger partial charge >= 0.3 is 12.1 Å². The van der Waals surface area contributed by atoms with E-state index in [4.69, 9.17) is 4.74 Å². The van der Waals surface area contributed by atoms with E-state index in [-0.39, 0.29) is 12.2 Å². The number of benzene rings is 1. The second-order valence-electron chi connectivity index (χ2n) is 6.11. The summed E-state index contributed by atoms with van der Waals surface area (Å²) in [6, 6.07) is 3.20. The summed E-state index contributed by atoms with van der Waals surface area (Å²) in [6.07, 6.45) is -5.05. The van der Waals surface area contributed by atoms with Crippen molar-refractivity contribution in [2.24, 2.45) is 0 Å². The first-order chi connectivity index (χ1) is 12.6. The fourth-order valence-corrected chi connectivity index (χ4v) is 4.51. The van der Waals surface area contributed by atoms with Gasteiger partial charge < -0.3 is 4.74 Å². The van der Waals surface area contributed by atoms with Gasteiger partial charge in [-0.15, -0.1) is 11.8 Å². The number of rotatable bonds is 3. The molecule has 144 valence electrons. The minimum atomic E-state index is -4.71. The van der Waals surface area contributed by atoms with Crippen LogP contribution in [-0.4, -0.2) is 23.4 Å². The number of esters is 1. The van der Waals surface area contributed by atoms with Crippen molar-refractivity contribution in [3.8, 4) is 0 Å². The van der Waals surface area contributed by atoms with Gasteiger partial charge in [0.1, 0.15) is 11.9 Å². The molecule has 0 saturated heterocycles. The lowest BCUT2D eigenvalue weighted by Gasteiger charge is -2.18. The van der Waals surface area contributed by atoms with E-state index in [1.807, 2.05) is 0 Å². The number of alkyl halides is 3. The third-order valence-electron chi connectivity index (χ3n) is 4.47. The Bertz CT molecular complexity index is 968. The summed E-state index contributed by atoms with van der Waals surface area (Å²) in [5.74, 6) is -1.36. The van der Waals surface area contributed by atoms with Crippen LogP contribution < -0.4 is 5.56 Å². The second-order valence-corrected chi connectivity index (χ2v) is 7.12. The van der Waals surface area contributed by atoms with Gasteiger partial charge in [-0.25, -0.2) is 9.18 Å². The van der Waals surface area contributed by atoms with E-state index in [2.05, 4.69) is 0 Å². The van der Waals surface area contributed by atoms with Gasteiger partial charge in [0.05, 0.1) is 17.7 Å². The quantitative estimate of drug-likeness (QED) is 0.581. The maximum atomic E-state index is 14.2. The van der Waals surface area contributed by atoms with E-state index in [1.54, 1.807) is 6.92 Å². The van der Waals surface area contributed by atoms with Gasteiger partial charge in [0, 0.05) is 23.8 Å². The molecule has 1 aliphatic rings. The molecule has 0 fully saturated rings. The Morgan fingerprint density at radius 3 is 2.67 bits per heavy atom. The average Bonchev–Trinajstić information content (AvgIpc) is 3.03. The SMILES string of the molecule is COC(=O)C1CSc2c(Cc3c(F)cccc3C(F)(F)F)c(C)cc(=O)n21. The summed E-state index contributed by atoms with van der Waals surface area (Å²) < 4.78 is 60.0. The highest BCUT2D eigenvalue weighted by Crippen LogP contribution is 2.39. The molecule has 0 saturated carbocycles. The maximum absolute atomic E-state index is 14.2. The van der Waals surface area contributed by atoms with Crippen molar-refractivity contribution in [2.75, 3.05) is 12.9 Å². The Morgan fingerprint density at radius 1 is 1.33 bits per heavy atom. The zero-order valence-electron chi connectivity index (χ0n) is 14.4. The molecule has 9 heteroatoms. The lowest BCUT2D eigenvalue weighted by Crippen LogP contribution is -2.30. The monoisotopic (exact) mass is 401 g/mol. The van der Waals surface area contributed by atoms with E-state index < -0.39 is 40.7 Å². The molecule has 1 aliphatic heterocycles. The van der Waals surface area contributed by atoms with Gasteiger partial charge in [0.25, 0.3) is 5.56 Å². The molecule has 2 heterocycles. The largest absolute Gasteiger partial charge is 0.467 e. The van der Waals surface area contributed by atoms with Gasteiger partial charge in [-0.3, -0.25) is 9.36 Å². The third kappa shape index (κ3) is 3.47. The van der Waals surface area contributed by atoms with E-state index in [1.165, 1.54) is 29.5 Å². The molecule has 0 radical (unpaired) electrons. The lowest BCUT2D eigenvalue weighted by atomic mass is 9.97. The van der Waals surface area contributed by atoms with E-state index in [9.17, 15) is 27.2 Å². The number of nitrogens with zero attached hydrogens (tertiary/aromatic N) is 1. The molecular formula is C18H15F4NO3S. The molecule has 1 aromatic heterocycles. The highest BCUT2D eigenvalue weighted by Gasteiger charge is 2.36. The number of aromatic nitrogens is 1. The van der Waals surface area contributed by atoms with E-state index in [0.29, 0.717) is 16.2 Å². The van der Waals surface area contributed by atoms with Crippen LogP contribution in [-0.2, 0) is 22.1 Å². The van der Waals surface area contributed by atoms with Crippen molar-refractivity contribution >= 4 is 17.7 Å². The van der Waals surface area contributed by atoms with E-state index >= 15 is 0 Å². The normalized spacial score (nSPS) is 16.3. The fraction of sp³-hybridized carbons (Fsp3) is 0.333. The topological polar surface area (TPSA) is 48.3 Å². The van der Waals surface area contributed by atoms with Gasteiger partial charge in [-0.1, -0.05) is 6.07 Å². The van der Waals surface area contributed by atoms with E-state index in [0.717, 1.165) is 18.2 Å². The first-order valence-electron chi connectivity index (χ1n) is 7.95. The third-order valence-corrected chi connectivity index (χ3v) is 5.67. The highest BCUT2D eigenvalue weighted by atomic mass is 32.2. The number of ether oxygens (including phenoxy) is 1. The van der Waals surface area contributed by atoms with Crippen molar-refractivity contribution in [1.29, 1.82) is 0 Å². The standard InChI is InChI=1S/C18H15F4NO3S/c1-9-6-15(24)23-14(17(25)26-2)8-27-16(23)10(9)7-11-12(18(20,21)22)4-3-5-13(11)19/h3-6,14H,7-8H2,1-2H3. The summed E-state index contributed by atoms with van der Waals surface area (Å²) in [6.45, 7) is 1.58. The van der Waals surface area contributed by atoms with Gasteiger partial charge in [-0.2, -0.15) is 13.2 Å². The Hall–Kier alpha value is -2.29. The summed E-state index contributed by atoms with van der Waals surface area (Å²) in [5, 5.41) is 0.367. The Morgan fingerprint density at radius 2 is 2.04 bits per heavy atom. The summed E-state index contributed by atoms with van der Waals surface area (Å²) in [5.41, 5.74) is -1.16. The van der Waals surface area contributed by atoms with Gasteiger partial charge in [0.2, 0.25) is 0 Å². The van der Waals surface area contributed by atoms with Crippen LogP contribution in [0.3, 0.4) is 0 Å². The minimum Gasteiger partial charge on any atom is -0.467 e. The molecule has 0 amide bonds. The summed E-state index contributed by atoms with van der Waals surface area (Å²) >= 11 is 1.17. The number of thioether (sulfide) groups is 1. The zero-order valence-corrected chi connectivity index (χ0v) is 15.2. The van der Waals surface area contributed by atoms with Crippen LogP contribution in [0.4, 0.5) is 17.6 Å². The number of fused-ring (bicyclic) bond motifs is 1. The second kappa shape index (κ2) is 7.03. The van der Waals surface area contributed by atoms with Crippen molar-refractivity contribution in [3.05, 3.63) is 62.7 Å². The van der Waals surface area contributed by atoms with Crippen LogP contribution in [0.5, 0.6) is 0 Å². The number of hydrogen-bond donors (Lipinski definition) is 0.